The van der Waals surface area contributed by atoms with Crippen molar-refractivity contribution in [1.82, 2.24) is 5.32 Å². The van der Waals surface area contributed by atoms with E-state index in [2.05, 4.69) is 12.2 Å². The predicted molar refractivity (Wildman–Crippen MR) is 115 cm³/mol. The highest BCUT2D eigenvalue weighted by molar-refractivity contribution is 6.34. The van der Waals surface area contributed by atoms with Crippen LogP contribution in [-0.4, -0.2) is 43.4 Å². The van der Waals surface area contributed by atoms with Gasteiger partial charge in [0.25, 0.3) is 17.7 Å². The summed E-state index contributed by atoms with van der Waals surface area (Å²) in [5.74, 6) is -0.796. The quantitative estimate of drug-likeness (QED) is 0.570. The summed E-state index contributed by atoms with van der Waals surface area (Å²) in [4.78, 5) is 40.4. The van der Waals surface area contributed by atoms with Crippen molar-refractivity contribution in [3.05, 3.63) is 65.2 Å². The van der Waals surface area contributed by atoms with E-state index in [-0.39, 0.29) is 17.7 Å². The van der Waals surface area contributed by atoms with Crippen LogP contribution in [0.4, 0.5) is 5.69 Å². The number of likely N-dealkylation sites (tertiary alicyclic amines) is 1. The minimum atomic E-state index is -0.331. The minimum Gasteiger partial charge on any atom is -0.352 e. The number of carbonyl (C=O) groups excluding carboxylic acids is 3. The second-order valence-corrected chi connectivity index (χ2v) is 8.20. The highest BCUT2D eigenvalue weighted by atomic mass is 16.2. The lowest BCUT2D eigenvalue weighted by Gasteiger charge is -2.30. The van der Waals surface area contributed by atoms with Crippen molar-refractivity contribution in [3.63, 3.8) is 0 Å². The number of fused-ring (bicyclic) bond motifs is 1. The van der Waals surface area contributed by atoms with Crippen LogP contribution in [0.1, 0.15) is 63.7 Å². The van der Waals surface area contributed by atoms with Gasteiger partial charge in [0.05, 0.1) is 35.9 Å². The molecule has 0 bridgehead atoms. The van der Waals surface area contributed by atoms with Gasteiger partial charge in [-0.25, -0.2) is 4.90 Å². The maximum Gasteiger partial charge on any atom is 0.266 e. The van der Waals surface area contributed by atoms with E-state index >= 15 is 0 Å². The number of hydrogen-bond acceptors (Lipinski definition) is 3. The Balaban J connectivity index is 1.32. The van der Waals surface area contributed by atoms with E-state index in [1.54, 1.807) is 53.4 Å². The van der Waals surface area contributed by atoms with Gasteiger partial charge in [0.1, 0.15) is 0 Å². The molecule has 2 atom stereocenters. The fraction of sp³-hybridized carbons (Fsp3) is 0.375. The smallest absolute Gasteiger partial charge is 0.266 e. The molecular formula is C24H28N3O3+. The summed E-state index contributed by atoms with van der Waals surface area (Å²) in [6.45, 7) is 5.27. The summed E-state index contributed by atoms with van der Waals surface area (Å²) < 4.78 is 0. The first kappa shape index (κ1) is 20.3. The zero-order valence-electron chi connectivity index (χ0n) is 17.3. The first-order valence-corrected chi connectivity index (χ1v) is 10.8. The molecule has 2 aliphatic heterocycles. The standard InChI is InChI=1S/C24H27N3O3/c1-17-7-4-5-15-26(17)16-6-14-25-22(28)18-10-12-19(13-11-18)27-23(29)20-8-2-3-9-21(20)24(27)30/h2-3,8-13,17H,4-7,14-16H2,1H3,(H,25,28)/p+1/t17-/m0/s1. The van der Waals surface area contributed by atoms with Crippen molar-refractivity contribution >= 4 is 23.4 Å². The summed E-state index contributed by atoms with van der Waals surface area (Å²) >= 11 is 0. The van der Waals surface area contributed by atoms with Crippen LogP contribution >= 0.6 is 0 Å². The van der Waals surface area contributed by atoms with Gasteiger partial charge in [-0.2, -0.15) is 0 Å². The normalized spacial score (nSPS) is 20.9. The molecule has 1 unspecified atom stereocenters. The van der Waals surface area contributed by atoms with E-state index in [9.17, 15) is 14.4 Å². The molecule has 0 aromatic heterocycles. The van der Waals surface area contributed by atoms with Crippen LogP contribution in [-0.2, 0) is 0 Å². The molecule has 4 rings (SSSR count). The Hall–Kier alpha value is -2.99. The molecule has 0 aliphatic carbocycles. The summed E-state index contributed by atoms with van der Waals surface area (Å²) in [5.41, 5.74) is 1.82. The molecule has 0 radical (unpaired) electrons. The number of amides is 3. The van der Waals surface area contributed by atoms with Crippen LogP contribution in [0.2, 0.25) is 0 Å². The fourth-order valence-electron chi connectivity index (χ4n) is 4.43. The van der Waals surface area contributed by atoms with Gasteiger partial charge in [-0.15, -0.1) is 0 Å². The van der Waals surface area contributed by atoms with Gasteiger partial charge in [-0.3, -0.25) is 14.4 Å². The van der Waals surface area contributed by atoms with Crippen LogP contribution in [0.25, 0.3) is 0 Å². The maximum absolute atomic E-state index is 12.6. The average molecular weight is 407 g/mol. The Morgan fingerprint density at radius 3 is 2.33 bits per heavy atom. The molecular weight excluding hydrogens is 378 g/mol. The molecule has 0 saturated carbocycles. The van der Waals surface area contributed by atoms with E-state index in [1.807, 2.05) is 0 Å². The molecule has 2 aromatic rings. The Kier molecular flexibility index (Phi) is 5.95. The number of anilines is 1. The summed E-state index contributed by atoms with van der Waals surface area (Å²) in [7, 11) is 0. The Morgan fingerprint density at radius 1 is 1.03 bits per heavy atom. The average Bonchev–Trinajstić information content (AvgIpc) is 3.03. The number of hydrogen-bond donors (Lipinski definition) is 2. The van der Waals surface area contributed by atoms with Gasteiger partial charge < -0.3 is 10.2 Å². The Labute approximate surface area is 176 Å². The third-order valence-electron chi connectivity index (χ3n) is 6.22. The molecule has 6 nitrogen and oxygen atoms in total. The first-order chi connectivity index (χ1) is 14.6. The molecule has 156 valence electrons. The van der Waals surface area contributed by atoms with E-state index in [1.165, 1.54) is 25.8 Å². The number of nitrogens with one attached hydrogen (secondary N) is 2. The van der Waals surface area contributed by atoms with Crippen molar-refractivity contribution < 1.29 is 19.3 Å². The van der Waals surface area contributed by atoms with Crippen molar-refractivity contribution in [1.29, 1.82) is 0 Å². The van der Waals surface area contributed by atoms with Gasteiger partial charge in [0.2, 0.25) is 0 Å². The molecule has 1 fully saturated rings. The molecule has 2 aliphatic rings. The minimum absolute atomic E-state index is 0.134. The van der Waals surface area contributed by atoms with E-state index < -0.39 is 0 Å². The van der Waals surface area contributed by atoms with Crippen molar-refractivity contribution in [3.8, 4) is 0 Å². The Bertz CT molecular complexity index is 919. The molecule has 2 heterocycles. The lowest BCUT2D eigenvalue weighted by Crippen LogP contribution is -3.16. The van der Waals surface area contributed by atoms with Crippen LogP contribution in [0.3, 0.4) is 0 Å². The second kappa shape index (κ2) is 8.79. The highest BCUT2D eigenvalue weighted by Crippen LogP contribution is 2.28. The number of imide groups is 1. The van der Waals surface area contributed by atoms with E-state index in [0.717, 1.165) is 17.9 Å². The zero-order valence-corrected chi connectivity index (χ0v) is 17.3. The molecule has 6 heteroatoms. The number of benzene rings is 2. The predicted octanol–water partition coefficient (Wildman–Crippen LogP) is 2.06. The van der Waals surface area contributed by atoms with E-state index in [4.69, 9.17) is 0 Å². The zero-order chi connectivity index (χ0) is 21.1. The summed E-state index contributed by atoms with van der Waals surface area (Å²) in [6.07, 6.45) is 4.88. The van der Waals surface area contributed by atoms with Crippen LogP contribution in [0, 0.1) is 0 Å². The molecule has 1 saturated heterocycles. The molecule has 2 N–H and O–H groups in total. The highest BCUT2D eigenvalue weighted by Gasteiger charge is 2.36. The lowest BCUT2D eigenvalue weighted by atomic mass is 10.0. The van der Waals surface area contributed by atoms with Gasteiger partial charge in [-0.1, -0.05) is 12.1 Å². The summed E-state index contributed by atoms with van der Waals surface area (Å²) in [5, 5.41) is 2.97. The number of carbonyl (C=O) groups is 3. The molecule has 3 amide bonds. The molecule has 0 spiro atoms. The second-order valence-electron chi connectivity index (χ2n) is 8.20. The maximum atomic E-state index is 12.6. The largest absolute Gasteiger partial charge is 0.352 e. The summed E-state index contributed by atoms with van der Waals surface area (Å²) in [6, 6.07) is 14.1. The number of piperidine rings is 1. The van der Waals surface area contributed by atoms with Gasteiger partial charge in [-0.05, 0) is 62.6 Å². The topological polar surface area (TPSA) is 70.9 Å². The first-order valence-electron chi connectivity index (χ1n) is 10.8. The van der Waals surface area contributed by atoms with Crippen LogP contribution in [0.5, 0.6) is 0 Å². The van der Waals surface area contributed by atoms with Gasteiger partial charge in [0.15, 0.2) is 0 Å². The monoisotopic (exact) mass is 406 g/mol. The molecule has 30 heavy (non-hydrogen) atoms. The van der Waals surface area contributed by atoms with Gasteiger partial charge in [0, 0.05) is 18.5 Å². The van der Waals surface area contributed by atoms with Crippen LogP contribution in [0.15, 0.2) is 48.5 Å². The Morgan fingerprint density at radius 2 is 1.70 bits per heavy atom. The number of quaternary nitrogens is 1. The van der Waals surface area contributed by atoms with Crippen molar-refractivity contribution in [2.24, 2.45) is 0 Å². The molecule has 2 aromatic carbocycles. The van der Waals surface area contributed by atoms with Crippen molar-refractivity contribution in [2.45, 2.75) is 38.6 Å². The van der Waals surface area contributed by atoms with E-state index in [0.29, 0.717) is 35.0 Å². The van der Waals surface area contributed by atoms with Crippen LogP contribution < -0.4 is 15.1 Å². The fourth-order valence-corrected chi connectivity index (χ4v) is 4.43. The number of rotatable bonds is 6. The third-order valence-corrected chi connectivity index (χ3v) is 6.22. The third kappa shape index (κ3) is 4.00. The van der Waals surface area contributed by atoms with Gasteiger partial charge >= 0.3 is 0 Å². The van der Waals surface area contributed by atoms with Crippen molar-refractivity contribution in [2.75, 3.05) is 24.5 Å². The SMILES string of the molecule is C[C@H]1CCCC[NH+]1CCCNC(=O)c1ccc(N2C(=O)c3ccccc3C2=O)cc1. The lowest BCUT2D eigenvalue weighted by molar-refractivity contribution is -0.928. The number of nitrogens with zero attached hydrogens (tertiary/aromatic N) is 1.